The number of hydrogen-bond acceptors (Lipinski definition) is 3. The van der Waals surface area contributed by atoms with Crippen LogP contribution in [-0.2, 0) is 17.9 Å². The molecule has 3 aromatic carbocycles. The van der Waals surface area contributed by atoms with Gasteiger partial charge in [-0.2, -0.15) is 0 Å². The van der Waals surface area contributed by atoms with E-state index >= 15 is 0 Å². The molecule has 38 heavy (non-hydrogen) atoms. The Balaban J connectivity index is 0.00000195. The number of aryl methyl sites for hydroxylation is 1. The number of aromatic nitrogens is 1. The summed E-state index contributed by atoms with van der Waals surface area (Å²) in [4.78, 5) is 23.8. The van der Waals surface area contributed by atoms with Crippen molar-refractivity contribution in [2.45, 2.75) is 60.5 Å². The second-order valence-electron chi connectivity index (χ2n) is 9.44. The van der Waals surface area contributed by atoms with E-state index in [1.165, 1.54) is 5.56 Å². The van der Waals surface area contributed by atoms with Gasteiger partial charge >= 0.3 is 5.97 Å². The Kier molecular flexibility index (Phi) is 9.72. The normalized spacial score (nSPS) is 10.7. The van der Waals surface area contributed by atoms with Crippen molar-refractivity contribution in [3.63, 3.8) is 0 Å². The summed E-state index contributed by atoms with van der Waals surface area (Å²) < 4.78 is 7.54. The number of rotatable bonds is 9. The lowest BCUT2D eigenvalue weighted by atomic mass is 10.0. The second-order valence-corrected chi connectivity index (χ2v) is 9.44. The molecule has 0 spiro atoms. The lowest BCUT2D eigenvalue weighted by Crippen LogP contribution is -2.22. The maximum Gasteiger partial charge on any atom is 0.341 e. The van der Waals surface area contributed by atoms with E-state index in [9.17, 15) is 9.59 Å². The molecule has 0 unspecified atom stereocenters. The largest absolute Gasteiger partial charge is 0.482 e. The van der Waals surface area contributed by atoms with E-state index < -0.39 is 5.97 Å². The van der Waals surface area contributed by atoms with E-state index in [2.05, 4.69) is 49.7 Å². The van der Waals surface area contributed by atoms with E-state index in [0.717, 1.165) is 33.3 Å². The Morgan fingerprint density at radius 1 is 0.947 bits per heavy atom. The predicted octanol–water partition coefficient (Wildman–Crippen LogP) is 6.85. The van der Waals surface area contributed by atoms with Crippen molar-refractivity contribution >= 4 is 22.8 Å². The van der Waals surface area contributed by atoms with E-state index in [1.54, 1.807) is 6.07 Å². The Bertz CT molecular complexity index is 1420. The van der Waals surface area contributed by atoms with Crippen molar-refractivity contribution < 1.29 is 19.4 Å². The van der Waals surface area contributed by atoms with Crippen molar-refractivity contribution in [1.29, 1.82) is 0 Å². The van der Waals surface area contributed by atoms with Crippen LogP contribution in [0.2, 0.25) is 0 Å². The molecule has 0 saturated heterocycles. The van der Waals surface area contributed by atoms with Gasteiger partial charge in [0.2, 0.25) is 0 Å². The van der Waals surface area contributed by atoms with E-state index in [4.69, 9.17) is 9.84 Å². The van der Waals surface area contributed by atoms with E-state index in [-0.39, 0.29) is 12.5 Å². The van der Waals surface area contributed by atoms with Crippen LogP contribution < -0.4 is 10.1 Å². The molecule has 6 nitrogen and oxygen atoms in total. The first kappa shape index (κ1) is 28.5. The molecule has 1 heterocycles. The van der Waals surface area contributed by atoms with Crippen LogP contribution in [-0.4, -0.2) is 28.2 Å². The standard InChI is InChI=1S/C30H32N2O4.C2H6/c1-19(2)24-9-5-7-22(13-24)16-31-30(35)25-11-12-28-27(15-25)20(3)21(4)32(28)17-23-8-6-10-26(14-23)36-18-29(33)34;1-2/h5-15,19H,16-18H2,1-4H3,(H,31,35)(H,33,34);1-2H3. The molecule has 2 N–H and O–H groups in total. The Hall–Kier alpha value is -4.06. The molecule has 0 aliphatic heterocycles. The van der Waals surface area contributed by atoms with Gasteiger partial charge in [0.15, 0.2) is 6.61 Å². The van der Waals surface area contributed by atoms with Crippen LogP contribution in [0.25, 0.3) is 10.9 Å². The number of carboxylic acids is 1. The van der Waals surface area contributed by atoms with Gasteiger partial charge in [-0.1, -0.05) is 64.1 Å². The molecular weight excluding hydrogens is 476 g/mol. The van der Waals surface area contributed by atoms with Gasteiger partial charge in [-0.15, -0.1) is 0 Å². The average molecular weight is 515 g/mol. The van der Waals surface area contributed by atoms with Crippen LogP contribution in [0, 0.1) is 13.8 Å². The van der Waals surface area contributed by atoms with Crippen molar-refractivity contribution in [2.75, 3.05) is 6.61 Å². The first-order chi connectivity index (χ1) is 18.2. The third-order valence-corrected chi connectivity index (χ3v) is 6.57. The molecule has 0 atom stereocenters. The van der Waals surface area contributed by atoms with Crippen molar-refractivity contribution in [2.24, 2.45) is 0 Å². The number of carbonyl (C=O) groups is 2. The van der Waals surface area contributed by atoms with E-state index in [0.29, 0.717) is 30.3 Å². The van der Waals surface area contributed by atoms with Crippen molar-refractivity contribution in [1.82, 2.24) is 9.88 Å². The van der Waals surface area contributed by atoms with Gasteiger partial charge in [-0.25, -0.2) is 4.79 Å². The SMILES string of the molecule is CC.Cc1c(C)n(Cc2cccc(OCC(=O)O)c2)c2ccc(C(=O)NCc3cccc(C(C)C)c3)cc12. The third kappa shape index (κ3) is 6.82. The fourth-order valence-electron chi connectivity index (χ4n) is 4.40. The minimum Gasteiger partial charge on any atom is -0.482 e. The minimum absolute atomic E-state index is 0.0973. The summed E-state index contributed by atoms with van der Waals surface area (Å²) in [6.45, 7) is 13.2. The zero-order valence-electron chi connectivity index (χ0n) is 23.2. The quantitative estimate of drug-likeness (QED) is 0.256. The van der Waals surface area contributed by atoms with Crippen LogP contribution in [0.3, 0.4) is 0 Å². The van der Waals surface area contributed by atoms with E-state index in [1.807, 2.05) is 62.4 Å². The molecular formula is C32H38N2O4. The number of aliphatic carboxylic acids is 1. The number of carboxylic acid groups (broad SMARTS) is 1. The summed E-state index contributed by atoms with van der Waals surface area (Å²) in [7, 11) is 0. The molecule has 0 saturated carbocycles. The Morgan fingerprint density at radius 2 is 1.66 bits per heavy atom. The lowest BCUT2D eigenvalue weighted by Gasteiger charge is -2.11. The van der Waals surface area contributed by atoms with Gasteiger partial charge in [0, 0.05) is 35.2 Å². The maximum atomic E-state index is 12.9. The monoisotopic (exact) mass is 514 g/mol. The van der Waals surface area contributed by atoms with Crippen LogP contribution in [0.5, 0.6) is 5.75 Å². The highest BCUT2D eigenvalue weighted by atomic mass is 16.5. The number of benzene rings is 3. The summed E-state index contributed by atoms with van der Waals surface area (Å²) in [6.07, 6.45) is 0. The number of carbonyl (C=O) groups excluding carboxylic acids is 1. The topological polar surface area (TPSA) is 80.6 Å². The highest BCUT2D eigenvalue weighted by Gasteiger charge is 2.15. The van der Waals surface area contributed by atoms with Gasteiger partial charge < -0.3 is 19.7 Å². The summed E-state index contributed by atoms with van der Waals surface area (Å²) in [5.74, 6) is -0.135. The van der Waals surface area contributed by atoms with Crippen LogP contribution in [0.15, 0.2) is 66.7 Å². The number of nitrogens with one attached hydrogen (secondary N) is 1. The summed E-state index contributed by atoms with van der Waals surface area (Å²) in [5, 5.41) is 13.0. The molecule has 4 rings (SSSR count). The number of fused-ring (bicyclic) bond motifs is 1. The molecule has 1 amide bonds. The first-order valence-corrected chi connectivity index (χ1v) is 13.1. The maximum absolute atomic E-state index is 12.9. The van der Waals surface area contributed by atoms with Gasteiger partial charge in [-0.3, -0.25) is 4.79 Å². The van der Waals surface area contributed by atoms with Gasteiger partial charge in [0.1, 0.15) is 5.75 Å². The second kappa shape index (κ2) is 13.0. The Morgan fingerprint density at radius 3 is 2.37 bits per heavy atom. The lowest BCUT2D eigenvalue weighted by molar-refractivity contribution is -0.139. The zero-order chi connectivity index (χ0) is 27.8. The van der Waals surface area contributed by atoms with Gasteiger partial charge in [-0.05, 0) is 72.4 Å². The molecule has 4 aromatic rings. The van der Waals surface area contributed by atoms with Crippen molar-refractivity contribution in [3.05, 3.63) is 100 Å². The molecule has 200 valence electrons. The highest BCUT2D eigenvalue weighted by molar-refractivity contribution is 5.99. The van der Waals surface area contributed by atoms with Crippen molar-refractivity contribution in [3.8, 4) is 5.75 Å². The van der Waals surface area contributed by atoms with Gasteiger partial charge in [0.05, 0.1) is 0 Å². The zero-order valence-corrected chi connectivity index (χ0v) is 23.2. The highest BCUT2D eigenvalue weighted by Crippen LogP contribution is 2.28. The number of ether oxygens (including phenoxy) is 1. The van der Waals surface area contributed by atoms with Crippen LogP contribution in [0.4, 0.5) is 0 Å². The third-order valence-electron chi connectivity index (χ3n) is 6.57. The molecule has 6 heteroatoms. The number of nitrogens with zero attached hydrogens (tertiary/aromatic N) is 1. The molecule has 0 aliphatic rings. The predicted molar refractivity (Wildman–Crippen MR) is 153 cm³/mol. The number of hydrogen-bond donors (Lipinski definition) is 2. The molecule has 0 bridgehead atoms. The smallest absolute Gasteiger partial charge is 0.341 e. The molecule has 0 fully saturated rings. The molecule has 0 aliphatic carbocycles. The molecule has 1 aromatic heterocycles. The summed E-state index contributed by atoms with van der Waals surface area (Å²) in [6, 6.07) is 21.6. The minimum atomic E-state index is -1.01. The average Bonchev–Trinajstić information content (AvgIpc) is 3.16. The summed E-state index contributed by atoms with van der Waals surface area (Å²) in [5.41, 5.74) is 7.27. The van der Waals surface area contributed by atoms with Crippen LogP contribution in [0.1, 0.15) is 71.9 Å². The molecule has 0 radical (unpaired) electrons. The first-order valence-electron chi connectivity index (χ1n) is 13.1. The fraction of sp³-hybridized carbons (Fsp3) is 0.312. The van der Waals surface area contributed by atoms with Gasteiger partial charge in [0.25, 0.3) is 5.91 Å². The fourth-order valence-corrected chi connectivity index (χ4v) is 4.40. The summed E-state index contributed by atoms with van der Waals surface area (Å²) >= 11 is 0. The number of amides is 1. The van der Waals surface area contributed by atoms with Crippen LogP contribution >= 0.6 is 0 Å². The Labute approximate surface area is 225 Å².